The molecule has 3 rings (SSSR count). The summed E-state index contributed by atoms with van der Waals surface area (Å²) in [4.78, 5) is 20.6. The van der Waals surface area contributed by atoms with E-state index in [1.54, 1.807) is 50.6 Å². The molecule has 0 aliphatic rings. The molecule has 2 aromatic carbocycles. The maximum absolute atomic E-state index is 11.9. The lowest BCUT2D eigenvalue weighted by molar-refractivity contribution is -0.137. The summed E-state index contributed by atoms with van der Waals surface area (Å²) in [6.45, 7) is 3.97. The molecule has 0 N–H and O–H groups in total. The lowest BCUT2D eigenvalue weighted by atomic mass is 10.2. The van der Waals surface area contributed by atoms with Crippen molar-refractivity contribution in [1.29, 1.82) is 0 Å². The van der Waals surface area contributed by atoms with Gasteiger partial charge in [0, 0.05) is 26.4 Å². The zero-order valence-electron chi connectivity index (χ0n) is 22.2. The smallest absolute Gasteiger partial charge is 0.330 e. The number of hydrogen-bond donors (Lipinski definition) is 0. The number of methoxy groups -OCH3 is 3. The third-order valence-corrected chi connectivity index (χ3v) is 5.30. The maximum Gasteiger partial charge on any atom is 0.330 e. The molecule has 0 fully saturated rings. The molecular weight excluding hydrogens is 492 g/mol. The average Bonchev–Trinajstić information content (AvgIpc) is 2.93. The second-order valence-electron chi connectivity index (χ2n) is 8.04. The highest BCUT2D eigenvalue weighted by molar-refractivity contribution is 5.88. The van der Waals surface area contributed by atoms with Gasteiger partial charge in [0.1, 0.15) is 19.5 Å². The molecular formula is C28H34N2O8. The van der Waals surface area contributed by atoms with Crippen LogP contribution in [0.1, 0.15) is 25.3 Å². The predicted octanol–water partition coefficient (Wildman–Crippen LogP) is 4.84. The monoisotopic (exact) mass is 526 g/mol. The van der Waals surface area contributed by atoms with Gasteiger partial charge in [0.15, 0.2) is 23.0 Å². The van der Waals surface area contributed by atoms with E-state index in [1.165, 1.54) is 19.5 Å². The number of carbonyl (C=O) groups is 1. The number of carbonyl (C=O) groups excluding carboxylic acids is 1. The first-order valence-corrected chi connectivity index (χ1v) is 12.3. The van der Waals surface area contributed by atoms with Gasteiger partial charge >= 0.3 is 5.97 Å². The summed E-state index contributed by atoms with van der Waals surface area (Å²) in [5, 5.41) is 0.625. The van der Waals surface area contributed by atoms with Gasteiger partial charge in [-0.3, -0.25) is 0 Å². The molecule has 0 amide bonds. The van der Waals surface area contributed by atoms with Crippen molar-refractivity contribution >= 4 is 22.9 Å². The standard InChI is InChI=1S/C28H34N2O8/c1-5-6-11-37-27(31)10-8-20-7-9-23(24(16-20)34-4)38-28-21-17-25(35-14-12-32-2)26(36-15-13-33-3)18-22(21)29-19-30-28/h7-10,16-19H,5-6,11-15H2,1-4H3. The van der Waals surface area contributed by atoms with E-state index in [0.29, 0.717) is 72.8 Å². The van der Waals surface area contributed by atoms with E-state index in [0.717, 1.165) is 18.4 Å². The first-order chi connectivity index (χ1) is 18.6. The molecule has 0 saturated carbocycles. The second kappa shape index (κ2) is 15.4. The van der Waals surface area contributed by atoms with Crippen molar-refractivity contribution in [3.8, 4) is 28.9 Å². The van der Waals surface area contributed by atoms with Crippen LogP contribution in [0.5, 0.6) is 28.9 Å². The lowest BCUT2D eigenvalue weighted by Gasteiger charge is -2.15. The molecule has 0 aliphatic heterocycles. The van der Waals surface area contributed by atoms with Gasteiger partial charge in [0.25, 0.3) is 0 Å². The van der Waals surface area contributed by atoms with Crippen molar-refractivity contribution in [2.24, 2.45) is 0 Å². The minimum Gasteiger partial charge on any atom is -0.493 e. The molecule has 1 heterocycles. The van der Waals surface area contributed by atoms with Crippen LogP contribution >= 0.6 is 0 Å². The van der Waals surface area contributed by atoms with E-state index in [1.807, 2.05) is 6.92 Å². The third-order valence-electron chi connectivity index (χ3n) is 5.30. The fraction of sp³-hybridized carbons (Fsp3) is 0.393. The zero-order chi connectivity index (χ0) is 27.2. The number of unbranched alkanes of at least 4 members (excludes halogenated alkanes) is 1. The number of esters is 1. The highest BCUT2D eigenvalue weighted by Crippen LogP contribution is 2.38. The molecule has 0 unspecified atom stereocenters. The first-order valence-electron chi connectivity index (χ1n) is 12.3. The summed E-state index contributed by atoms with van der Waals surface area (Å²) >= 11 is 0. The molecule has 38 heavy (non-hydrogen) atoms. The molecule has 0 aliphatic carbocycles. The quantitative estimate of drug-likeness (QED) is 0.146. The summed E-state index contributed by atoms with van der Waals surface area (Å²) in [6, 6.07) is 8.85. The normalized spacial score (nSPS) is 11.1. The molecule has 3 aromatic rings. The van der Waals surface area contributed by atoms with Crippen molar-refractivity contribution in [2.45, 2.75) is 19.8 Å². The SMILES string of the molecule is CCCCOC(=O)C=Cc1ccc(Oc2ncnc3cc(OCCOC)c(OCCOC)cc23)c(OC)c1. The number of ether oxygens (including phenoxy) is 7. The Hall–Kier alpha value is -3.89. The highest BCUT2D eigenvalue weighted by atomic mass is 16.6. The van der Waals surface area contributed by atoms with E-state index < -0.39 is 0 Å². The van der Waals surface area contributed by atoms with Crippen molar-refractivity contribution in [3.63, 3.8) is 0 Å². The Morgan fingerprint density at radius 3 is 2.26 bits per heavy atom. The number of rotatable bonds is 16. The zero-order valence-corrected chi connectivity index (χ0v) is 22.2. The molecule has 0 radical (unpaired) electrons. The average molecular weight is 527 g/mol. The molecule has 204 valence electrons. The van der Waals surface area contributed by atoms with Crippen LogP contribution in [0.25, 0.3) is 17.0 Å². The van der Waals surface area contributed by atoms with Crippen LogP contribution in [0.3, 0.4) is 0 Å². The van der Waals surface area contributed by atoms with E-state index in [9.17, 15) is 4.79 Å². The van der Waals surface area contributed by atoms with E-state index >= 15 is 0 Å². The Morgan fingerprint density at radius 2 is 1.58 bits per heavy atom. The van der Waals surface area contributed by atoms with Crippen LogP contribution in [0, 0.1) is 0 Å². The molecule has 0 spiro atoms. The highest BCUT2D eigenvalue weighted by Gasteiger charge is 2.15. The van der Waals surface area contributed by atoms with Gasteiger partial charge in [-0.05, 0) is 36.3 Å². The van der Waals surface area contributed by atoms with Gasteiger partial charge in [0.05, 0.1) is 37.8 Å². The van der Waals surface area contributed by atoms with Crippen LogP contribution in [0.4, 0.5) is 0 Å². The molecule has 10 nitrogen and oxygen atoms in total. The number of hydrogen-bond acceptors (Lipinski definition) is 10. The lowest BCUT2D eigenvalue weighted by Crippen LogP contribution is -2.09. The number of aromatic nitrogens is 2. The molecule has 0 saturated heterocycles. The van der Waals surface area contributed by atoms with Crippen LogP contribution in [-0.2, 0) is 19.0 Å². The second-order valence-corrected chi connectivity index (χ2v) is 8.04. The van der Waals surface area contributed by atoms with Gasteiger partial charge in [-0.2, -0.15) is 0 Å². The Balaban J connectivity index is 1.85. The van der Waals surface area contributed by atoms with E-state index in [-0.39, 0.29) is 5.97 Å². The minimum atomic E-state index is -0.390. The third kappa shape index (κ3) is 8.32. The Morgan fingerprint density at radius 1 is 0.842 bits per heavy atom. The van der Waals surface area contributed by atoms with Crippen LogP contribution < -0.4 is 18.9 Å². The number of benzene rings is 2. The summed E-state index contributed by atoms with van der Waals surface area (Å²) in [7, 11) is 4.75. The summed E-state index contributed by atoms with van der Waals surface area (Å²) < 4.78 is 38.7. The van der Waals surface area contributed by atoms with Gasteiger partial charge in [-0.25, -0.2) is 14.8 Å². The molecule has 0 bridgehead atoms. The summed E-state index contributed by atoms with van der Waals surface area (Å²) in [6.07, 6.45) is 6.26. The van der Waals surface area contributed by atoms with Crippen molar-refractivity contribution in [2.75, 3.05) is 54.4 Å². The summed E-state index contributed by atoms with van der Waals surface area (Å²) in [5.41, 5.74) is 1.36. The van der Waals surface area contributed by atoms with Crippen LogP contribution in [0.15, 0.2) is 42.7 Å². The topological polar surface area (TPSA) is 107 Å². The van der Waals surface area contributed by atoms with Crippen molar-refractivity contribution in [1.82, 2.24) is 9.97 Å². The van der Waals surface area contributed by atoms with Crippen molar-refractivity contribution in [3.05, 3.63) is 48.3 Å². The van der Waals surface area contributed by atoms with E-state index in [4.69, 9.17) is 33.2 Å². The Bertz CT molecular complexity index is 1210. The van der Waals surface area contributed by atoms with Gasteiger partial charge in [-0.1, -0.05) is 19.4 Å². The maximum atomic E-state index is 11.9. The van der Waals surface area contributed by atoms with Crippen LogP contribution in [0.2, 0.25) is 0 Å². The van der Waals surface area contributed by atoms with Gasteiger partial charge < -0.3 is 33.2 Å². The van der Waals surface area contributed by atoms with Gasteiger partial charge in [0.2, 0.25) is 5.88 Å². The fourth-order valence-electron chi connectivity index (χ4n) is 3.32. The largest absolute Gasteiger partial charge is 0.493 e. The Kier molecular flexibility index (Phi) is 11.6. The minimum absolute atomic E-state index is 0.316. The number of nitrogens with zero attached hydrogens (tertiary/aromatic N) is 2. The molecule has 10 heteroatoms. The first kappa shape index (κ1) is 28.7. The molecule has 1 aromatic heterocycles. The van der Waals surface area contributed by atoms with Gasteiger partial charge in [-0.15, -0.1) is 0 Å². The Labute approximate surface area is 222 Å². The summed E-state index contributed by atoms with van der Waals surface area (Å²) in [5.74, 6) is 1.86. The van der Waals surface area contributed by atoms with E-state index in [2.05, 4.69) is 9.97 Å². The number of fused-ring (bicyclic) bond motifs is 1. The predicted molar refractivity (Wildman–Crippen MR) is 142 cm³/mol. The van der Waals surface area contributed by atoms with Crippen LogP contribution in [-0.4, -0.2) is 70.3 Å². The fourth-order valence-corrected chi connectivity index (χ4v) is 3.32. The molecule has 0 atom stereocenters. The van der Waals surface area contributed by atoms with Crippen molar-refractivity contribution < 1.29 is 38.0 Å².